The lowest BCUT2D eigenvalue weighted by Crippen LogP contribution is -2.06. The summed E-state index contributed by atoms with van der Waals surface area (Å²) in [4.78, 5) is 9.01. The quantitative estimate of drug-likeness (QED) is 0.862. The molecule has 1 fully saturated rings. The van der Waals surface area contributed by atoms with Crippen molar-refractivity contribution in [1.29, 1.82) is 0 Å². The normalized spacial score (nSPS) is 15.6. The molecule has 0 spiro atoms. The van der Waals surface area contributed by atoms with Gasteiger partial charge in [0.05, 0.1) is 10.2 Å². The number of hydrogen-bond acceptors (Lipinski definition) is 3. The Kier molecular flexibility index (Phi) is 3.93. The van der Waals surface area contributed by atoms with Gasteiger partial charge in [-0.3, -0.25) is 0 Å². The van der Waals surface area contributed by atoms with Gasteiger partial charge in [-0.05, 0) is 53.4 Å². The van der Waals surface area contributed by atoms with Crippen LogP contribution in [0, 0.1) is 12.7 Å². The van der Waals surface area contributed by atoms with Crippen LogP contribution in [0.5, 0.6) is 0 Å². The van der Waals surface area contributed by atoms with Gasteiger partial charge in [-0.25, -0.2) is 14.4 Å². The van der Waals surface area contributed by atoms with Crippen molar-refractivity contribution in [2.75, 3.05) is 5.73 Å². The number of nitrogen functional groups attached to an aromatic ring is 1. The summed E-state index contributed by atoms with van der Waals surface area (Å²) >= 11 is 3.51. The van der Waals surface area contributed by atoms with E-state index in [1.54, 1.807) is 6.07 Å². The van der Waals surface area contributed by atoms with Crippen molar-refractivity contribution in [2.45, 2.75) is 38.5 Å². The molecule has 21 heavy (non-hydrogen) atoms. The van der Waals surface area contributed by atoms with Crippen LogP contribution in [0.15, 0.2) is 22.7 Å². The Bertz CT molecular complexity index is 681. The first-order valence-electron chi connectivity index (χ1n) is 7.15. The molecule has 0 amide bonds. The van der Waals surface area contributed by atoms with Crippen LogP contribution in [0.1, 0.15) is 42.9 Å². The highest BCUT2D eigenvalue weighted by molar-refractivity contribution is 9.10. The number of rotatable bonds is 2. The third kappa shape index (κ3) is 2.79. The van der Waals surface area contributed by atoms with Crippen LogP contribution in [-0.2, 0) is 0 Å². The minimum absolute atomic E-state index is 0.289. The van der Waals surface area contributed by atoms with Gasteiger partial charge in [0, 0.05) is 11.5 Å². The number of benzene rings is 1. The van der Waals surface area contributed by atoms with Gasteiger partial charge < -0.3 is 5.73 Å². The standard InChI is InChI=1S/C16H17BrFN3/c1-9-6-7-11(18)8-12(9)16-20-14(10-4-2-3-5-10)13(17)15(19)21-16/h6-8,10H,2-5H2,1H3,(H2,19,20,21). The van der Waals surface area contributed by atoms with E-state index in [-0.39, 0.29) is 5.82 Å². The largest absolute Gasteiger partial charge is 0.383 e. The van der Waals surface area contributed by atoms with E-state index in [9.17, 15) is 4.39 Å². The molecular formula is C16H17BrFN3. The molecule has 0 saturated heterocycles. The monoisotopic (exact) mass is 349 g/mol. The second kappa shape index (κ2) is 5.72. The van der Waals surface area contributed by atoms with Crippen molar-refractivity contribution in [3.05, 3.63) is 39.7 Å². The number of hydrogen-bond donors (Lipinski definition) is 1. The fourth-order valence-electron chi connectivity index (χ4n) is 2.91. The van der Waals surface area contributed by atoms with Gasteiger partial charge in [-0.15, -0.1) is 0 Å². The van der Waals surface area contributed by atoms with Crippen molar-refractivity contribution in [3.63, 3.8) is 0 Å². The zero-order valence-electron chi connectivity index (χ0n) is 11.9. The summed E-state index contributed by atoms with van der Waals surface area (Å²) in [5.74, 6) is 1.06. The smallest absolute Gasteiger partial charge is 0.162 e. The maximum atomic E-state index is 13.5. The molecule has 1 aromatic heterocycles. The lowest BCUT2D eigenvalue weighted by atomic mass is 10.0. The topological polar surface area (TPSA) is 51.8 Å². The first-order chi connectivity index (χ1) is 10.1. The van der Waals surface area contributed by atoms with Crippen LogP contribution in [0.4, 0.5) is 10.2 Å². The van der Waals surface area contributed by atoms with Gasteiger partial charge in [0.2, 0.25) is 0 Å². The zero-order valence-corrected chi connectivity index (χ0v) is 13.5. The van der Waals surface area contributed by atoms with Crippen LogP contribution >= 0.6 is 15.9 Å². The zero-order chi connectivity index (χ0) is 15.0. The minimum atomic E-state index is -0.289. The molecule has 1 aliphatic carbocycles. The lowest BCUT2D eigenvalue weighted by Gasteiger charge is -2.14. The van der Waals surface area contributed by atoms with Crippen molar-refractivity contribution >= 4 is 21.7 Å². The first-order valence-corrected chi connectivity index (χ1v) is 7.95. The molecule has 1 heterocycles. The number of anilines is 1. The second-order valence-electron chi connectivity index (χ2n) is 5.57. The molecule has 1 aromatic carbocycles. The van der Waals surface area contributed by atoms with Crippen LogP contribution in [0.2, 0.25) is 0 Å². The highest BCUT2D eigenvalue weighted by Crippen LogP contribution is 2.39. The molecule has 2 aromatic rings. The van der Waals surface area contributed by atoms with Crippen LogP contribution < -0.4 is 5.73 Å². The number of halogens is 2. The van der Waals surface area contributed by atoms with Crippen LogP contribution in [0.25, 0.3) is 11.4 Å². The second-order valence-corrected chi connectivity index (χ2v) is 6.37. The van der Waals surface area contributed by atoms with Gasteiger partial charge in [0.1, 0.15) is 11.6 Å². The molecule has 3 rings (SSSR count). The molecule has 1 aliphatic rings. The number of nitrogens with zero attached hydrogens (tertiary/aromatic N) is 2. The van der Waals surface area contributed by atoms with Crippen molar-refractivity contribution in [2.24, 2.45) is 0 Å². The Morgan fingerprint density at radius 2 is 1.95 bits per heavy atom. The Balaban J connectivity index is 2.13. The van der Waals surface area contributed by atoms with E-state index in [0.29, 0.717) is 23.1 Å². The predicted octanol–water partition coefficient (Wildman–Crippen LogP) is 4.59. The molecule has 0 aliphatic heterocycles. The van der Waals surface area contributed by atoms with Gasteiger partial charge in [-0.2, -0.15) is 0 Å². The summed E-state index contributed by atoms with van der Waals surface area (Å²) < 4.78 is 14.3. The maximum absolute atomic E-state index is 13.5. The highest BCUT2D eigenvalue weighted by Gasteiger charge is 2.24. The molecule has 0 radical (unpaired) electrons. The summed E-state index contributed by atoms with van der Waals surface area (Å²) in [5.41, 5.74) is 8.62. The first kappa shape index (κ1) is 14.4. The van der Waals surface area contributed by atoms with E-state index in [1.165, 1.54) is 25.0 Å². The van der Waals surface area contributed by atoms with E-state index < -0.39 is 0 Å². The predicted molar refractivity (Wildman–Crippen MR) is 85.5 cm³/mol. The fourth-order valence-corrected chi connectivity index (χ4v) is 3.41. The van der Waals surface area contributed by atoms with Gasteiger partial charge >= 0.3 is 0 Å². The van der Waals surface area contributed by atoms with E-state index in [2.05, 4.69) is 25.9 Å². The molecule has 2 N–H and O–H groups in total. The summed E-state index contributed by atoms with van der Waals surface area (Å²) in [5, 5.41) is 0. The van der Waals surface area contributed by atoms with E-state index >= 15 is 0 Å². The molecular weight excluding hydrogens is 333 g/mol. The molecule has 110 valence electrons. The molecule has 0 bridgehead atoms. The maximum Gasteiger partial charge on any atom is 0.162 e. The number of aromatic nitrogens is 2. The Labute approximate surface area is 131 Å². The third-order valence-corrected chi connectivity index (χ3v) is 4.90. The van der Waals surface area contributed by atoms with Gasteiger partial charge in [0.25, 0.3) is 0 Å². The van der Waals surface area contributed by atoms with Crippen LogP contribution in [-0.4, -0.2) is 9.97 Å². The molecule has 3 nitrogen and oxygen atoms in total. The summed E-state index contributed by atoms with van der Waals surface area (Å²) in [6.45, 7) is 1.92. The summed E-state index contributed by atoms with van der Waals surface area (Å²) in [6.07, 6.45) is 4.68. The minimum Gasteiger partial charge on any atom is -0.383 e. The molecule has 0 unspecified atom stereocenters. The molecule has 1 saturated carbocycles. The molecule has 5 heteroatoms. The average Bonchev–Trinajstić information content (AvgIpc) is 2.98. The lowest BCUT2D eigenvalue weighted by molar-refractivity contribution is 0.627. The number of nitrogens with two attached hydrogens (primary N) is 1. The van der Waals surface area contributed by atoms with E-state index in [0.717, 1.165) is 28.6 Å². The van der Waals surface area contributed by atoms with Crippen molar-refractivity contribution < 1.29 is 4.39 Å². The van der Waals surface area contributed by atoms with E-state index in [1.807, 2.05) is 6.92 Å². The fraction of sp³-hybridized carbons (Fsp3) is 0.375. The van der Waals surface area contributed by atoms with Crippen molar-refractivity contribution in [3.8, 4) is 11.4 Å². The number of aryl methyl sites for hydroxylation is 1. The Hall–Kier alpha value is -1.49. The SMILES string of the molecule is Cc1ccc(F)cc1-c1nc(N)c(Br)c(C2CCCC2)n1. The summed E-state index contributed by atoms with van der Waals surface area (Å²) in [7, 11) is 0. The molecule has 0 atom stereocenters. The highest BCUT2D eigenvalue weighted by atomic mass is 79.9. The van der Waals surface area contributed by atoms with Gasteiger partial charge in [0.15, 0.2) is 5.82 Å². The average molecular weight is 350 g/mol. The Morgan fingerprint density at radius 1 is 1.24 bits per heavy atom. The van der Waals surface area contributed by atoms with Gasteiger partial charge in [-0.1, -0.05) is 18.9 Å². The summed E-state index contributed by atoms with van der Waals surface area (Å²) in [6, 6.07) is 4.65. The van der Waals surface area contributed by atoms with E-state index in [4.69, 9.17) is 5.73 Å². The third-order valence-electron chi connectivity index (χ3n) is 4.08. The Morgan fingerprint density at radius 3 is 2.67 bits per heavy atom. The van der Waals surface area contributed by atoms with Crippen LogP contribution in [0.3, 0.4) is 0 Å². The van der Waals surface area contributed by atoms with Crippen molar-refractivity contribution in [1.82, 2.24) is 9.97 Å².